The van der Waals surface area contributed by atoms with Crippen molar-refractivity contribution in [1.82, 2.24) is 0 Å². The molecule has 1 saturated heterocycles. The van der Waals surface area contributed by atoms with Gasteiger partial charge in [0, 0.05) is 24.7 Å². The van der Waals surface area contributed by atoms with E-state index in [9.17, 15) is 13.9 Å². The van der Waals surface area contributed by atoms with Crippen LogP contribution in [0, 0.1) is 11.6 Å². The normalized spacial score (nSPS) is 25.8. The van der Waals surface area contributed by atoms with Crippen LogP contribution < -0.4 is 0 Å². The van der Waals surface area contributed by atoms with E-state index >= 15 is 0 Å². The first kappa shape index (κ1) is 12.0. The minimum Gasteiger partial charge on any atom is -0.393 e. The van der Waals surface area contributed by atoms with Crippen LogP contribution in [0.1, 0.15) is 24.5 Å². The van der Waals surface area contributed by atoms with E-state index in [1.807, 2.05) is 0 Å². The van der Waals surface area contributed by atoms with Crippen LogP contribution in [0.2, 0.25) is 0 Å². The number of aliphatic hydroxyl groups is 1. The largest absolute Gasteiger partial charge is 0.393 e. The van der Waals surface area contributed by atoms with Crippen LogP contribution >= 0.6 is 15.9 Å². The second-order valence-electron chi connectivity index (χ2n) is 3.83. The minimum absolute atomic E-state index is 0.201. The van der Waals surface area contributed by atoms with Gasteiger partial charge in [-0.3, -0.25) is 0 Å². The number of rotatable bonds is 1. The molecule has 2 atom stereocenters. The summed E-state index contributed by atoms with van der Waals surface area (Å²) >= 11 is 3.00. The summed E-state index contributed by atoms with van der Waals surface area (Å²) in [7, 11) is 0. The summed E-state index contributed by atoms with van der Waals surface area (Å²) in [5.74, 6) is -1.28. The maximum Gasteiger partial charge on any atom is 0.140 e. The molecule has 5 heteroatoms. The van der Waals surface area contributed by atoms with Crippen molar-refractivity contribution >= 4 is 15.9 Å². The Morgan fingerprint density at radius 3 is 2.75 bits per heavy atom. The monoisotopic (exact) mass is 292 g/mol. The summed E-state index contributed by atoms with van der Waals surface area (Å²) in [6, 6.07) is 2.19. The Morgan fingerprint density at radius 2 is 2.06 bits per heavy atom. The van der Waals surface area contributed by atoms with Crippen molar-refractivity contribution in [1.29, 1.82) is 0 Å². The standard InChI is InChI=1S/C11H11BrF2O2/c12-8-4-7(9(13)5-10(8)14)11-3-6(15)1-2-16-11/h4-6,11,15H,1-3H2. The van der Waals surface area contributed by atoms with Gasteiger partial charge in [-0.2, -0.15) is 0 Å². The topological polar surface area (TPSA) is 29.5 Å². The van der Waals surface area contributed by atoms with Crippen LogP contribution in [-0.4, -0.2) is 17.8 Å². The van der Waals surface area contributed by atoms with Gasteiger partial charge in [0.25, 0.3) is 0 Å². The highest BCUT2D eigenvalue weighted by molar-refractivity contribution is 9.10. The Morgan fingerprint density at radius 1 is 1.31 bits per heavy atom. The first-order valence-electron chi connectivity index (χ1n) is 5.02. The van der Waals surface area contributed by atoms with Gasteiger partial charge < -0.3 is 9.84 Å². The molecule has 2 unspecified atom stereocenters. The third kappa shape index (κ3) is 2.42. The summed E-state index contributed by atoms with van der Waals surface area (Å²) in [4.78, 5) is 0. The predicted octanol–water partition coefficient (Wildman–Crippen LogP) is 2.94. The van der Waals surface area contributed by atoms with E-state index in [4.69, 9.17) is 4.74 Å². The second-order valence-corrected chi connectivity index (χ2v) is 4.68. The summed E-state index contributed by atoms with van der Waals surface area (Å²) in [6.07, 6.45) is -0.0854. The highest BCUT2D eigenvalue weighted by Crippen LogP contribution is 2.32. The molecule has 16 heavy (non-hydrogen) atoms. The van der Waals surface area contributed by atoms with Crippen LogP contribution in [0.3, 0.4) is 0 Å². The molecule has 2 rings (SSSR count). The molecule has 1 aromatic carbocycles. The van der Waals surface area contributed by atoms with E-state index in [1.54, 1.807) is 0 Å². The molecule has 88 valence electrons. The molecule has 0 spiro atoms. The van der Waals surface area contributed by atoms with Crippen LogP contribution in [0.5, 0.6) is 0 Å². The third-order valence-electron chi connectivity index (χ3n) is 2.64. The number of aliphatic hydroxyl groups excluding tert-OH is 1. The van der Waals surface area contributed by atoms with E-state index in [0.717, 1.165) is 6.07 Å². The van der Waals surface area contributed by atoms with Crippen molar-refractivity contribution in [2.45, 2.75) is 25.0 Å². The molecule has 0 aromatic heterocycles. The van der Waals surface area contributed by atoms with Gasteiger partial charge in [-0.25, -0.2) is 8.78 Å². The van der Waals surface area contributed by atoms with E-state index in [-0.39, 0.29) is 10.0 Å². The minimum atomic E-state index is -0.641. The Balaban J connectivity index is 2.29. The Kier molecular flexibility index (Phi) is 3.56. The number of ether oxygens (including phenoxy) is 1. The Hall–Kier alpha value is -0.520. The molecule has 0 bridgehead atoms. The average Bonchev–Trinajstić information content (AvgIpc) is 2.23. The van der Waals surface area contributed by atoms with Gasteiger partial charge in [-0.1, -0.05) is 0 Å². The summed E-state index contributed by atoms with van der Waals surface area (Å²) in [5, 5.41) is 9.47. The smallest absolute Gasteiger partial charge is 0.140 e. The van der Waals surface area contributed by atoms with Gasteiger partial charge in [0.2, 0.25) is 0 Å². The lowest BCUT2D eigenvalue weighted by molar-refractivity contribution is -0.0462. The van der Waals surface area contributed by atoms with E-state index < -0.39 is 23.8 Å². The molecule has 0 radical (unpaired) electrons. The lowest BCUT2D eigenvalue weighted by Gasteiger charge is -2.27. The van der Waals surface area contributed by atoms with E-state index in [2.05, 4.69) is 15.9 Å². The van der Waals surface area contributed by atoms with Gasteiger partial charge in [-0.15, -0.1) is 0 Å². The molecule has 2 nitrogen and oxygen atoms in total. The second kappa shape index (κ2) is 4.77. The van der Waals surface area contributed by atoms with E-state index in [0.29, 0.717) is 19.4 Å². The number of halogens is 3. The quantitative estimate of drug-likeness (QED) is 0.807. The molecule has 1 heterocycles. The summed E-state index contributed by atoms with van der Waals surface area (Å²) < 4.78 is 32.1. The molecule has 0 aliphatic carbocycles. The fraction of sp³-hybridized carbons (Fsp3) is 0.455. The fourth-order valence-electron chi connectivity index (χ4n) is 1.78. The molecular formula is C11H11BrF2O2. The number of benzene rings is 1. The van der Waals surface area contributed by atoms with Crippen molar-refractivity contribution in [2.24, 2.45) is 0 Å². The van der Waals surface area contributed by atoms with Crippen molar-refractivity contribution in [3.05, 3.63) is 33.8 Å². The maximum absolute atomic E-state index is 13.5. The van der Waals surface area contributed by atoms with Gasteiger partial charge in [-0.05, 0) is 28.4 Å². The molecule has 1 aliphatic rings. The molecule has 1 N–H and O–H groups in total. The van der Waals surface area contributed by atoms with Crippen LogP contribution in [0.15, 0.2) is 16.6 Å². The lowest BCUT2D eigenvalue weighted by Crippen LogP contribution is -2.24. The van der Waals surface area contributed by atoms with Gasteiger partial charge in [0.1, 0.15) is 11.6 Å². The highest BCUT2D eigenvalue weighted by Gasteiger charge is 2.25. The fourth-order valence-corrected chi connectivity index (χ4v) is 2.14. The first-order chi connectivity index (χ1) is 7.58. The third-order valence-corrected chi connectivity index (χ3v) is 3.25. The van der Waals surface area contributed by atoms with Crippen LogP contribution in [-0.2, 0) is 4.74 Å². The number of hydrogen-bond donors (Lipinski definition) is 1. The van der Waals surface area contributed by atoms with Crippen LogP contribution in [0.4, 0.5) is 8.78 Å². The lowest BCUT2D eigenvalue weighted by atomic mass is 9.99. The van der Waals surface area contributed by atoms with E-state index in [1.165, 1.54) is 6.07 Å². The van der Waals surface area contributed by atoms with Crippen molar-refractivity contribution in [2.75, 3.05) is 6.61 Å². The molecule has 1 aromatic rings. The molecule has 1 aliphatic heterocycles. The van der Waals surface area contributed by atoms with Crippen molar-refractivity contribution in [3.63, 3.8) is 0 Å². The zero-order valence-corrected chi connectivity index (χ0v) is 10.0. The van der Waals surface area contributed by atoms with Gasteiger partial charge in [0.05, 0.1) is 16.7 Å². The van der Waals surface area contributed by atoms with Gasteiger partial charge in [0.15, 0.2) is 0 Å². The zero-order valence-electron chi connectivity index (χ0n) is 8.42. The molecule has 0 amide bonds. The first-order valence-corrected chi connectivity index (χ1v) is 5.81. The Labute approximate surface area is 100 Å². The predicted molar refractivity (Wildman–Crippen MR) is 58.0 cm³/mol. The number of hydrogen-bond acceptors (Lipinski definition) is 2. The highest BCUT2D eigenvalue weighted by atomic mass is 79.9. The maximum atomic E-state index is 13.5. The summed E-state index contributed by atoms with van der Waals surface area (Å²) in [5.41, 5.74) is 0.284. The molecular weight excluding hydrogens is 282 g/mol. The van der Waals surface area contributed by atoms with Crippen LogP contribution in [0.25, 0.3) is 0 Å². The molecule has 0 saturated carbocycles. The van der Waals surface area contributed by atoms with Crippen molar-refractivity contribution < 1.29 is 18.6 Å². The molecule has 1 fully saturated rings. The Bertz CT molecular complexity index is 398. The summed E-state index contributed by atoms with van der Waals surface area (Å²) in [6.45, 7) is 0.389. The zero-order chi connectivity index (χ0) is 11.7. The van der Waals surface area contributed by atoms with Gasteiger partial charge >= 0.3 is 0 Å². The SMILES string of the molecule is OC1CCOC(c2cc(Br)c(F)cc2F)C1. The van der Waals surface area contributed by atoms with Crippen molar-refractivity contribution in [3.8, 4) is 0 Å². The average molecular weight is 293 g/mol.